The molecule has 2 aromatic rings. The Morgan fingerprint density at radius 2 is 2.20 bits per heavy atom. The number of imidazole rings is 1. The monoisotopic (exact) mass is 302 g/mol. The van der Waals surface area contributed by atoms with Crippen LogP contribution < -0.4 is 0 Å². The summed E-state index contributed by atoms with van der Waals surface area (Å²) in [6, 6.07) is 5.73. The molecular weight excluding hydrogens is 296 g/mol. The van der Waals surface area contributed by atoms with Crippen LogP contribution in [0.3, 0.4) is 0 Å². The van der Waals surface area contributed by atoms with Gasteiger partial charge in [0.05, 0.1) is 5.02 Å². The highest BCUT2D eigenvalue weighted by atomic mass is 79.9. The van der Waals surface area contributed by atoms with E-state index in [2.05, 4.69) is 20.9 Å². The summed E-state index contributed by atoms with van der Waals surface area (Å²) in [5, 5.41) is 0.674. The zero-order chi connectivity index (χ0) is 11.0. The van der Waals surface area contributed by atoms with E-state index in [1.165, 1.54) is 0 Å². The van der Waals surface area contributed by atoms with Crippen LogP contribution in [0.15, 0.2) is 28.9 Å². The molecule has 1 heterocycles. The van der Waals surface area contributed by atoms with Crippen molar-refractivity contribution in [3.8, 4) is 5.69 Å². The van der Waals surface area contributed by atoms with Crippen molar-refractivity contribution < 1.29 is 0 Å². The summed E-state index contributed by atoms with van der Waals surface area (Å²) in [7, 11) is 0. The first-order chi connectivity index (χ1) is 7.08. The van der Waals surface area contributed by atoms with Gasteiger partial charge in [0.1, 0.15) is 0 Å². The topological polar surface area (TPSA) is 20.7 Å². The molecule has 1 aromatic carbocycles. The molecule has 0 aliphatic carbocycles. The van der Waals surface area contributed by atoms with Crippen molar-refractivity contribution in [1.82, 2.24) is 9.55 Å². The number of benzene rings is 1. The van der Waals surface area contributed by atoms with E-state index in [4.69, 9.17) is 23.8 Å². The van der Waals surface area contributed by atoms with E-state index in [9.17, 15) is 0 Å². The Morgan fingerprint density at radius 1 is 1.47 bits per heavy atom. The molecule has 0 saturated carbocycles. The molecule has 0 saturated heterocycles. The van der Waals surface area contributed by atoms with Crippen LogP contribution in [0.2, 0.25) is 5.02 Å². The minimum absolute atomic E-state index is 0.672. The number of aromatic nitrogens is 2. The SMILES string of the molecule is Cc1cn(-c2ccc(Br)c(Cl)c2)c(=S)[nH]1. The fourth-order valence-corrected chi connectivity index (χ4v) is 2.08. The van der Waals surface area contributed by atoms with Gasteiger partial charge in [-0.2, -0.15) is 0 Å². The van der Waals surface area contributed by atoms with Gasteiger partial charge in [-0.15, -0.1) is 0 Å². The Bertz CT molecular complexity index is 559. The third-order valence-corrected chi connectivity index (χ3v) is 3.56. The molecule has 5 heteroatoms. The lowest BCUT2D eigenvalue weighted by atomic mass is 10.3. The number of hydrogen-bond donors (Lipinski definition) is 1. The number of aromatic amines is 1. The summed E-state index contributed by atoms with van der Waals surface area (Å²) in [4.78, 5) is 3.06. The molecule has 2 nitrogen and oxygen atoms in total. The van der Waals surface area contributed by atoms with Crippen molar-refractivity contribution in [3.05, 3.63) is 44.4 Å². The molecule has 15 heavy (non-hydrogen) atoms. The number of nitrogens with one attached hydrogen (secondary N) is 1. The van der Waals surface area contributed by atoms with Crippen molar-refractivity contribution in [2.45, 2.75) is 6.92 Å². The number of nitrogens with zero attached hydrogens (tertiary/aromatic N) is 1. The summed E-state index contributed by atoms with van der Waals surface area (Å²) in [5.41, 5.74) is 1.98. The highest BCUT2D eigenvalue weighted by Crippen LogP contribution is 2.25. The minimum atomic E-state index is 0.672. The van der Waals surface area contributed by atoms with Crippen LogP contribution >= 0.6 is 39.7 Å². The third-order valence-electron chi connectivity index (χ3n) is 2.03. The lowest BCUT2D eigenvalue weighted by Gasteiger charge is -2.03. The Balaban J connectivity index is 2.59. The number of H-pyrrole nitrogens is 1. The van der Waals surface area contributed by atoms with E-state index in [-0.39, 0.29) is 0 Å². The molecule has 0 aliphatic rings. The molecular formula is C10H8BrClN2S. The normalized spacial score (nSPS) is 10.6. The summed E-state index contributed by atoms with van der Waals surface area (Å²) in [6.45, 7) is 1.97. The van der Waals surface area contributed by atoms with Crippen molar-refractivity contribution in [1.29, 1.82) is 0 Å². The van der Waals surface area contributed by atoms with Crippen LogP contribution in [0.4, 0.5) is 0 Å². The first-order valence-electron chi connectivity index (χ1n) is 4.31. The molecule has 0 aliphatic heterocycles. The molecule has 0 fully saturated rings. The van der Waals surface area contributed by atoms with Gasteiger partial charge in [0.25, 0.3) is 0 Å². The van der Waals surface area contributed by atoms with E-state index in [1.54, 1.807) is 0 Å². The average Bonchev–Trinajstić information content (AvgIpc) is 2.50. The fourth-order valence-electron chi connectivity index (χ4n) is 1.34. The first-order valence-corrected chi connectivity index (χ1v) is 5.89. The lowest BCUT2D eigenvalue weighted by molar-refractivity contribution is 1.03. The predicted molar refractivity (Wildman–Crippen MR) is 68.4 cm³/mol. The molecule has 0 unspecified atom stereocenters. The van der Waals surface area contributed by atoms with Crippen molar-refractivity contribution in [3.63, 3.8) is 0 Å². The second-order valence-corrected chi connectivity index (χ2v) is 4.86. The van der Waals surface area contributed by atoms with Gasteiger partial charge in [0.2, 0.25) is 0 Å². The van der Waals surface area contributed by atoms with Gasteiger partial charge < -0.3 is 4.98 Å². The van der Waals surface area contributed by atoms with Crippen molar-refractivity contribution in [2.75, 3.05) is 0 Å². The quantitative estimate of drug-likeness (QED) is 0.781. The van der Waals surface area contributed by atoms with E-state index >= 15 is 0 Å². The minimum Gasteiger partial charge on any atom is -0.335 e. The van der Waals surface area contributed by atoms with Crippen LogP contribution in [-0.4, -0.2) is 9.55 Å². The summed E-state index contributed by atoms with van der Waals surface area (Å²) in [6.07, 6.45) is 1.95. The largest absolute Gasteiger partial charge is 0.335 e. The number of rotatable bonds is 1. The lowest BCUT2D eigenvalue weighted by Crippen LogP contribution is -1.91. The van der Waals surface area contributed by atoms with Gasteiger partial charge in [-0.05, 0) is 53.3 Å². The molecule has 78 valence electrons. The van der Waals surface area contributed by atoms with Gasteiger partial charge in [0, 0.05) is 22.1 Å². The molecule has 0 radical (unpaired) electrons. The van der Waals surface area contributed by atoms with Crippen LogP contribution in [-0.2, 0) is 0 Å². The maximum Gasteiger partial charge on any atom is 0.181 e. The molecule has 2 rings (SSSR count). The average molecular weight is 304 g/mol. The van der Waals surface area contributed by atoms with Crippen LogP contribution in [0.1, 0.15) is 5.69 Å². The molecule has 0 amide bonds. The van der Waals surface area contributed by atoms with Gasteiger partial charge in [0.15, 0.2) is 4.77 Å². The molecule has 1 N–H and O–H groups in total. The summed E-state index contributed by atoms with van der Waals surface area (Å²) < 4.78 is 3.45. The Labute approximate surface area is 106 Å². The van der Waals surface area contributed by atoms with Gasteiger partial charge in [-0.3, -0.25) is 4.57 Å². The van der Waals surface area contributed by atoms with Crippen molar-refractivity contribution >= 4 is 39.7 Å². The standard InChI is InChI=1S/C10H8BrClN2S/c1-6-5-14(10(15)13-6)7-2-3-8(11)9(12)4-7/h2-5H,1H3,(H,13,15). The maximum absolute atomic E-state index is 6.02. The Hall–Kier alpha value is -0.580. The van der Waals surface area contributed by atoms with E-state index < -0.39 is 0 Å². The smallest absolute Gasteiger partial charge is 0.181 e. The maximum atomic E-state index is 6.02. The number of hydrogen-bond acceptors (Lipinski definition) is 1. The highest BCUT2D eigenvalue weighted by Gasteiger charge is 2.02. The highest BCUT2D eigenvalue weighted by molar-refractivity contribution is 9.10. The Morgan fingerprint density at radius 3 is 2.73 bits per heavy atom. The van der Waals surface area contributed by atoms with Crippen LogP contribution in [0.25, 0.3) is 5.69 Å². The zero-order valence-electron chi connectivity index (χ0n) is 7.92. The van der Waals surface area contributed by atoms with Crippen molar-refractivity contribution in [2.24, 2.45) is 0 Å². The third kappa shape index (κ3) is 2.17. The summed E-state index contributed by atoms with van der Waals surface area (Å²) in [5.74, 6) is 0. The second-order valence-electron chi connectivity index (χ2n) is 3.21. The second kappa shape index (κ2) is 4.12. The fraction of sp³-hybridized carbons (Fsp3) is 0.100. The molecule has 0 spiro atoms. The van der Waals surface area contributed by atoms with Gasteiger partial charge in [-0.1, -0.05) is 11.6 Å². The first kappa shape index (κ1) is 10.9. The molecule has 0 atom stereocenters. The zero-order valence-corrected chi connectivity index (χ0v) is 11.1. The number of aryl methyl sites for hydroxylation is 1. The molecule has 1 aromatic heterocycles. The van der Waals surface area contributed by atoms with Crippen LogP contribution in [0.5, 0.6) is 0 Å². The van der Waals surface area contributed by atoms with Gasteiger partial charge in [-0.25, -0.2) is 0 Å². The van der Waals surface area contributed by atoms with E-state index in [0.29, 0.717) is 9.79 Å². The van der Waals surface area contributed by atoms with Crippen LogP contribution in [0, 0.1) is 11.7 Å². The summed E-state index contributed by atoms with van der Waals surface area (Å²) >= 11 is 14.6. The van der Waals surface area contributed by atoms with E-state index in [0.717, 1.165) is 15.9 Å². The van der Waals surface area contributed by atoms with E-state index in [1.807, 2.05) is 35.9 Å². The van der Waals surface area contributed by atoms with Gasteiger partial charge >= 0.3 is 0 Å². The Kier molecular flexibility index (Phi) is 3.00. The number of halogens is 2. The predicted octanol–water partition coefficient (Wildman–Crippen LogP) is 4.26. The molecule has 0 bridgehead atoms.